The Morgan fingerprint density at radius 3 is 2.55 bits per heavy atom. The lowest BCUT2D eigenvalue weighted by atomic mass is 9.88. The van der Waals surface area contributed by atoms with Crippen LogP contribution in [-0.2, 0) is 0 Å². The summed E-state index contributed by atoms with van der Waals surface area (Å²) in [5.74, 6) is 3.34. The highest BCUT2D eigenvalue weighted by Crippen LogP contribution is 2.26. The summed E-state index contributed by atoms with van der Waals surface area (Å²) < 4.78 is 0. The Balaban J connectivity index is 1.42. The molecule has 3 N–H and O–H groups in total. The predicted molar refractivity (Wildman–Crippen MR) is 134 cm³/mol. The molecule has 0 amide bonds. The van der Waals surface area contributed by atoms with Crippen molar-refractivity contribution in [3.8, 4) is 11.4 Å². The van der Waals surface area contributed by atoms with Gasteiger partial charge in [-0.05, 0) is 43.4 Å². The van der Waals surface area contributed by atoms with Gasteiger partial charge in [-0.2, -0.15) is 4.98 Å². The maximum absolute atomic E-state index is 6.08. The number of rotatable bonds is 8. The molecule has 0 saturated carbocycles. The van der Waals surface area contributed by atoms with Gasteiger partial charge in [-0.25, -0.2) is 15.0 Å². The Bertz CT molecular complexity index is 1140. The van der Waals surface area contributed by atoms with Crippen molar-refractivity contribution < 1.29 is 0 Å². The standard InChI is InChI=1S/C26H31N7/c1-18-15-20(17-22(16-18)19(2)27)9-12-29-26-30-14-11-24(32-26)33(3)23-10-13-28-25(31-23)21-7-5-4-6-8-21/h4-8,10-11,13-14,16-19H,9,12,15,27H2,1-3H3,(H,29,30,32)/t18?,19-/m0/s1. The van der Waals surface area contributed by atoms with Crippen molar-refractivity contribution >= 4 is 17.6 Å². The van der Waals surface area contributed by atoms with Crippen molar-refractivity contribution in [1.82, 2.24) is 19.9 Å². The predicted octanol–water partition coefficient (Wildman–Crippen LogP) is 4.74. The van der Waals surface area contributed by atoms with E-state index in [1.54, 1.807) is 12.4 Å². The first-order valence-electron chi connectivity index (χ1n) is 11.4. The quantitative estimate of drug-likeness (QED) is 0.521. The highest BCUT2D eigenvalue weighted by molar-refractivity contribution is 5.61. The second-order valence-electron chi connectivity index (χ2n) is 8.52. The second kappa shape index (κ2) is 10.4. The van der Waals surface area contributed by atoms with Gasteiger partial charge >= 0.3 is 0 Å². The van der Waals surface area contributed by atoms with E-state index in [1.165, 1.54) is 11.1 Å². The summed E-state index contributed by atoms with van der Waals surface area (Å²) in [4.78, 5) is 20.1. The number of nitrogens with one attached hydrogen (secondary N) is 1. The van der Waals surface area contributed by atoms with Gasteiger partial charge in [-0.3, -0.25) is 0 Å². The van der Waals surface area contributed by atoms with E-state index < -0.39 is 0 Å². The lowest BCUT2D eigenvalue weighted by Crippen LogP contribution is -2.20. The molecule has 170 valence electrons. The zero-order valence-corrected chi connectivity index (χ0v) is 19.4. The van der Waals surface area contributed by atoms with E-state index >= 15 is 0 Å². The summed E-state index contributed by atoms with van der Waals surface area (Å²) in [6, 6.07) is 13.8. The van der Waals surface area contributed by atoms with Crippen LogP contribution in [0.3, 0.4) is 0 Å². The maximum Gasteiger partial charge on any atom is 0.224 e. The van der Waals surface area contributed by atoms with Crippen LogP contribution in [0.4, 0.5) is 17.6 Å². The van der Waals surface area contributed by atoms with Gasteiger partial charge in [0.05, 0.1) is 0 Å². The Morgan fingerprint density at radius 2 is 1.79 bits per heavy atom. The molecule has 2 aromatic heterocycles. The van der Waals surface area contributed by atoms with Crippen LogP contribution in [0.15, 0.2) is 78.2 Å². The van der Waals surface area contributed by atoms with Crippen LogP contribution >= 0.6 is 0 Å². The largest absolute Gasteiger partial charge is 0.354 e. The zero-order chi connectivity index (χ0) is 23.2. The topological polar surface area (TPSA) is 92.8 Å². The molecule has 4 rings (SSSR count). The van der Waals surface area contributed by atoms with Gasteiger partial charge in [-0.1, -0.05) is 55.0 Å². The Kier molecular flexibility index (Phi) is 7.10. The van der Waals surface area contributed by atoms with Crippen molar-refractivity contribution in [3.05, 3.63) is 78.2 Å². The molecule has 0 fully saturated rings. The lowest BCUT2D eigenvalue weighted by molar-refractivity contribution is 0.664. The highest BCUT2D eigenvalue weighted by atomic mass is 15.2. The first-order valence-corrected chi connectivity index (χ1v) is 11.4. The lowest BCUT2D eigenvalue weighted by Gasteiger charge is -2.21. The van der Waals surface area contributed by atoms with Crippen molar-refractivity contribution in [2.45, 2.75) is 32.7 Å². The molecule has 0 saturated heterocycles. The van der Waals surface area contributed by atoms with E-state index in [0.29, 0.717) is 17.7 Å². The summed E-state index contributed by atoms with van der Waals surface area (Å²) >= 11 is 0. The normalized spacial score (nSPS) is 16.5. The van der Waals surface area contributed by atoms with Gasteiger partial charge in [0, 0.05) is 37.6 Å². The molecule has 2 atom stereocenters. The fraction of sp³-hybridized carbons (Fsp3) is 0.308. The Hall–Kier alpha value is -3.58. The van der Waals surface area contributed by atoms with Crippen molar-refractivity contribution in [3.63, 3.8) is 0 Å². The number of hydrogen-bond donors (Lipinski definition) is 2. The first kappa shape index (κ1) is 22.6. The van der Waals surface area contributed by atoms with E-state index in [1.807, 2.05) is 61.3 Å². The molecule has 0 radical (unpaired) electrons. The highest BCUT2D eigenvalue weighted by Gasteiger charge is 2.14. The van der Waals surface area contributed by atoms with E-state index in [2.05, 4.69) is 39.3 Å². The summed E-state index contributed by atoms with van der Waals surface area (Å²) in [6.07, 6.45) is 10.1. The molecule has 1 unspecified atom stereocenters. The van der Waals surface area contributed by atoms with Gasteiger partial charge in [0.25, 0.3) is 0 Å². The fourth-order valence-corrected chi connectivity index (χ4v) is 3.94. The minimum atomic E-state index is 0.0652. The third-order valence-electron chi connectivity index (χ3n) is 5.69. The van der Waals surface area contributed by atoms with E-state index in [0.717, 1.165) is 36.6 Å². The van der Waals surface area contributed by atoms with Crippen LogP contribution in [0.5, 0.6) is 0 Å². The van der Waals surface area contributed by atoms with Gasteiger partial charge in [0.1, 0.15) is 11.6 Å². The fourth-order valence-electron chi connectivity index (χ4n) is 3.94. The molecule has 33 heavy (non-hydrogen) atoms. The number of aromatic nitrogens is 4. The van der Waals surface area contributed by atoms with Gasteiger partial charge < -0.3 is 16.0 Å². The van der Waals surface area contributed by atoms with Crippen LogP contribution in [0.2, 0.25) is 0 Å². The van der Waals surface area contributed by atoms with Crippen molar-refractivity contribution in [2.75, 3.05) is 23.8 Å². The van der Waals surface area contributed by atoms with Crippen LogP contribution < -0.4 is 16.0 Å². The summed E-state index contributed by atoms with van der Waals surface area (Å²) in [5, 5.41) is 3.36. The van der Waals surface area contributed by atoms with Crippen LogP contribution in [0.1, 0.15) is 26.7 Å². The molecule has 0 bridgehead atoms. The molecule has 7 heteroatoms. The van der Waals surface area contributed by atoms with Crippen LogP contribution in [-0.4, -0.2) is 39.6 Å². The molecule has 1 aliphatic rings. The minimum absolute atomic E-state index is 0.0652. The molecule has 7 nitrogen and oxygen atoms in total. The summed E-state index contributed by atoms with van der Waals surface area (Å²) in [6.45, 7) is 5.04. The third-order valence-corrected chi connectivity index (χ3v) is 5.69. The summed E-state index contributed by atoms with van der Waals surface area (Å²) in [7, 11) is 1.94. The monoisotopic (exact) mass is 441 g/mol. The number of anilines is 3. The Morgan fingerprint density at radius 1 is 1.06 bits per heavy atom. The molecule has 3 aromatic rings. The average molecular weight is 442 g/mol. The Labute approximate surface area is 195 Å². The van der Waals surface area contributed by atoms with Crippen molar-refractivity contribution in [1.29, 1.82) is 0 Å². The molecule has 1 aromatic carbocycles. The number of nitrogens with two attached hydrogens (primary N) is 1. The van der Waals surface area contributed by atoms with Crippen LogP contribution in [0, 0.1) is 5.92 Å². The van der Waals surface area contributed by atoms with Gasteiger partial charge in [-0.15, -0.1) is 0 Å². The second-order valence-corrected chi connectivity index (χ2v) is 8.52. The smallest absolute Gasteiger partial charge is 0.224 e. The van der Waals surface area contributed by atoms with Gasteiger partial charge in [0.2, 0.25) is 5.95 Å². The van der Waals surface area contributed by atoms with E-state index in [-0.39, 0.29) is 6.04 Å². The van der Waals surface area contributed by atoms with Crippen LogP contribution in [0.25, 0.3) is 11.4 Å². The first-order chi connectivity index (χ1) is 16.0. The number of allylic oxidation sites excluding steroid dienone is 1. The zero-order valence-electron chi connectivity index (χ0n) is 19.4. The van der Waals surface area contributed by atoms with E-state index in [9.17, 15) is 0 Å². The molecule has 0 spiro atoms. The minimum Gasteiger partial charge on any atom is -0.354 e. The molecular weight excluding hydrogens is 410 g/mol. The molecular formula is C26H31N7. The average Bonchev–Trinajstić information content (AvgIpc) is 2.84. The number of nitrogens with zero attached hydrogens (tertiary/aromatic N) is 5. The number of hydrogen-bond acceptors (Lipinski definition) is 7. The molecule has 0 aliphatic heterocycles. The SMILES string of the molecule is CC1C=C([C@H](C)N)C=C(CCNc2nccc(N(C)c3ccnc(-c4ccccc4)n3)n2)C1. The number of benzene rings is 1. The summed E-state index contributed by atoms with van der Waals surface area (Å²) in [5.41, 5.74) is 9.70. The molecule has 2 heterocycles. The van der Waals surface area contributed by atoms with E-state index in [4.69, 9.17) is 10.7 Å². The molecule has 1 aliphatic carbocycles. The van der Waals surface area contributed by atoms with Gasteiger partial charge in [0.15, 0.2) is 5.82 Å². The third kappa shape index (κ3) is 5.81. The van der Waals surface area contributed by atoms with Crippen molar-refractivity contribution in [2.24, 2.45) is 11.7 Å². The maximum atomic E-state index is 6.08.